The van der Waals surface area contributed by atoms with Crippen molar-refractivity contribution in [2.75, 3.05) is 31.1 Å². The first-order chi connectivity index (χ1) is 12.0. The molecule has 0 aromatic heterocycles. The lowest BCUT2D eigenvalue weighted by molar-refractivity contribution is 0.194. The molecule has 5 heteroatoms. The van der Waals surface area contributed by atoms with Crippen molar-refractivity contribution in [3.63, 3.8) is 0 Å². The first-order valence-corrected chi connectivity index (χ1v) is 9.01. The van der Waals surface area contributed by atoms with Gasteiger partial charge in [0.05, 0.1) is 10.7 Å². The van der Waals surface area contributed by atoms with Crippen LogP contribution in [0.2, 0.25) is 5.02 Å². The van der Waals surface area contributed by atoms with Gasteiger partial charge in [-0.1, -0.05) is 48.0 Å². The smallest absolute Gasteiger partial charge is 0.317 e. The normalized spacial score (nSPS) is 14.5. The van der Waals surface area contributed by atoms with Crippen LogP contribution in [0.3, 0.4) is 0 Å². The number of piperazine rings is 1. The van der Waals surface area contributed by atoms with Crippen molar-refractivity contribution in [1.82, 2.24) is 10.2 Å². The highest BCUT2D eigenvalue weighted by Crippen LogP contribution is 2.31. The summed E-state index contributed by atoms with van der Waals surface area (Å²) in [4.78, 5) is 16.5. The molecule has 1 N–H and O–H groups in total. The standard InChI is InChI=1S/C20H24ClN3O/c1-15-12-16(2)19(18(21)13-15)23-8-10-24(11-9-23)20(25)22-14-17-6-4-3-5-7-17/h3-7,12-13H,8-11,14H2,1-2H3,(H,22,25). The first kappa shape index (κ1) is 17.6. The van der Waals surface area contributed by atoms with E-state index >= 15 is 0 Å². The lowest BCUT2D eigenvalue weighted by Gasteiger charge is -2.37. The lowest BCUT2D eigenvalue weighted by atomic mass is 10.1. The van der Waals surface area contributed by atoms with Crippen molar-refractivity contribution >= 4 is 23.3 Å². The van der Waals surface area contributed by atoms with E-state index in [-0.39, 0.29) is 6.03 Å². The van der Waals surface area contributed by atoms with Crippen LogP contribution in [-0.4, -0.2) is 37.1 Å². The Kier molecular flexibility index (Phi) is 5.49. The lowest BCUT2D eigenvalue weighted by Crippen LogP contribution is -2.51. The molecule has 0 unspecified atom stereocenters. The number of nitrogens with zero attached hydrogens (tertiary/aromatic N) is 2. The minimum absolute atomic E-state index is 0.00442. The van der Waals surface area contributed by atoms with Crippen LogP contribution in [0.4, 0.5) is 10.5 Å². The van der Waals surface area contributed by atoms with Gasteiger partial charge >= 0.3 is 6.03 Å². The van der Waals surface area contributed by atoms with Gasteiger partial charge in [-0.05, 0) is 36.6 Å². The summed E-state index contributed by atoms with van der Waals surface area (Å²) in [6.45, 7) is 7.69. The van der Waals surface area contributed by atoms with Gasteiger partial charge in [-0.3, -0.25) is 0 Å². The van der Waals surface area contributed by atoms with Crippen molar-refractivity contribution in [3.05, 3.63) is 64.2 Å². The maximum atomic E-state index is 12.4. The SMILES string of the molecule is Cc1cc(C)c(N2CCN(C(=O)NCc3ccccc3)CC2)c(Cl)c1. The molecule has 25 heavy (non-hydrogen) atoms. The Morgan fingerprint density at radius 3 is 2.40 bits per heavy atom. The molecule has 0 spiro atoms. The molecule has 4 nitrogen and oxygen atoms in total. The minimum Gasteiger partial charge on any atom is -0.367 e. The van der Waals surface area contributed by atoms with Crippen molar-refractivity contribution in [1.29, 1.82) is 0 Å². The van der Waals surface area contributed by atoms with Crippen molar-refractivity contribution < 1.29 is 4.79 Å². The van der Waals surface area contributed by atoms with Gasteiger partial charge < -0.3 is 15.1 Å². The maximum absolute atomic E-state index is 12.4. The van der Waals surface area contributed by atoms with Crippen LogP contribution in [0.25, 0.3) is 0 Å². The van der Waals surface area contributed by atoms with Gasteiger partial charge in [-0.2, -0.15) is 0 Å². The summed E-state index contributed by atoms with van der Waals surface area (Å²) >= 11 is 6.45. The highest BCUT2D eigenvalue weighted by molar-refractivity contribution is 6.33. The number of aryl methyl sites for hydroxylation is 2. The van der Waals surface area contributed by atoms with Gasteiger partial charge in [0.25, 0.3) is 0 Å². The second-order valence-corrected chi connectivity index (χ2v) is 6.94. The number of carbonyl (C=O) groups is 1. The zero-order chi connectivity index (χ0) is 17.8. The topological polar surface area (TPSA) is 35.6 Å². The number of carbonyl (C=O) groups excluding carboxylic acids is 1. The van der Waals surface area contributed by atoms with E-state index in [1.807, 2.05) is 41.3 Å². The molecule has 2 aromatic carbocycles. The number of rotatable bonds is 3. The van der Waals surface area contributed by atoms with Crippen LogP contribution >= 0.6 is 11.6 Å². The third-order valence-corrected chi connectivity index (χ3v) is 4.86. The fraction of sp³-hybridized carbons (Fsp3) is 0.350. The van der Waals surface area contributed by atoms with Gasteiger partial charge in [0.15, 0.2) is 0 Å². The summed E-state index contributed by atoms with van der Waals surface area (Å²) in [6.07, 6.45) is 0. The van der Waals surface area contributed by atoms with E-state index in [0.717, 1.165) is 29.4 Å². The molecule has 0 atom stereocenters. The number of hydrogen-bond acceptors (Lipinski definition) is 2. The fourth-order valence-electron chi connectivity index (χ4n) is 3.33. The van der Waals surface area contributed by atoms with Crippen LogP contribution in [0.1, 0.15) is 16.7 Å². The van der Waals surface area contributed by atoms with E-state index in [9.17, 15) is 4.79 Å². The highest BCUT2D eigenvalue weighted by Gasteiger charge is 2.23. The van der Waals surface area contributed by atoms with E-state index in [1.165, 1.54) is 11.1 Å². The Hall–Kier alpha value is -2.20. The largest absolute Gasteiger partial charge is 0.367 e. The Morgan fingerprint density at radius 2 is 1.76 bits per heavy atom. The summed E-state index contributed by atoms with van der Waals surface area (Å²) in [5, 5.41) is 3.79. The van der Waals surface area contributed by atoms with E-state index in [4.69, 9.17) is 11.6 Å². The average Bonchev–Trinajstić information content (AvgIpc) is 2.60. The average molecular weight is 358 g/mol. The Morgan fingerprint density at radius 1 is 1.08 bits per heavy atom. The van der Waals surface area contributed by atoms with Crippen molar-refractivity contribution in [2.24, 2.45) is 0 Å². The predicted molar refractivity (Wildman–Crippen MR) is 103 cm³/mol. The number of amides is 2. The molecular formula is C20H24ClN3O. The van der Waals surface area contributed by atoms with Crippen LogP contribution < -0.4 is 10.2 Å². The zero-order valence-corrected chi connectivity index (χ0v) is 15.5. The van der Waals surface area contributed by atoms with Crippen LogP contribution in [0, 0.1) is 13.8 Å². The summed E-state index contributed by atoms with van der Waals surface area (Å²) in [6, 6.07) is 14.1. The van der Waals surface area contributed by atoms with Gasteiger partial charge in [0.2, 0.25) is 0 Å². The van der Waals surface area contributed by atoms with E-state index in [2.05, 4.69) is 30.1 Å². The van der Waals surface area contributed by atoms with Crippen molar-refractivity contribution in [3.8, 4) is 0 Å². The molecule has 3 rings (SSSR count). The molecule has 1 aliphatic heterocycles. The number of hydrogen-bond donors (Lipinski definition) is 1. The number of urea groups is 1. The van der Waals surface area contributed by atoms with Crippen molar-refractivity contribution in [2.45, 2.75) is 20.4 Å². The molecule has 0 saturated carbocycles. The Balaban J connectivity index is 1.56. The first-order valence-electron chi connectivity index (χ1n) is 8.63. The molecule has 132 valence electrons. The van der Waals surface area contributed by atoms with E-state index in [0.29, 0.717) is 19.6 Å². The monoisotopic (exact) mass is 357 g/mol. The Labute approximate surface area is 154 Å². The van der Waals surface area contributed by atoms with Gasteiger partial charge in [0, 0.05) is 32.7 Å². The number of anilines is 1. The zero-order valence-electron chi connectivity index (χ0n) is 14.8. The van der Waals surface area contributed by atoms with Gasteiger partial charge in [-0.25, -0.2) is 4.79 Å². The molecule has 1 saturated heterocycles. The molecule has 0 bridgehead atoms. The molecule has 0 aliphatic carbocycles. The Bertz CT molecular complexity index is 717. The van der Waals surface area contributed by atoms with Crippen LogP contribution in [-0.2, 0) is 6.54 Å². The third-order valence-electron chi connectivity index (χ3n) is 4.57. The van der Waals surface area contributed by atoms with Gasteiger partial charge in [-0.15, -0.1) is 0 Å². The molecule has 1 fully saturated rings. The quantitative estimate of drug-likeness (QED) is 0.901. The fourth-order valence-corrected chi connectivity index (χ4v) is 3.77. The van der Waals surface area contributed by atoms with Crippen LogP contribution in [0.5, 0.6) is 0 Å². The van der Waals surface area contributed by atoms with Gasteiger partial charge in [0.1, 0.15) is 0 Å². The molecule has 2 amide bonds. The summed E-state index contributed by atoms with van der Waals surface area (Å²) in [7, 11) is 0. The molecule has 1 heterocycles. The number of nitrogens with one attached hydrogen (secondary N) is 1. The molecule has 1 aliphatic rings. The van der Waals surface area contributed by atoms with E-state index in [1.54, 1.807) is 0 Å². The number of halogens is 1. The molecule has 0 radical (unpaired) electrons. The number of benzene rings is 2. The molecule has 2 aromatic rings. The van der Waals surface area contributed by atoms with E-state index < -0.39 is 0 Å². The minimum atomic E-state index is -0.00442. The second kappa shape index (κ2) is 7.79. The highest BCUT2D eigenvalue weighted by atomic mass is 35.5. The second-order valence-electron chi connectivity index (χ2n) is 6.53. The van der Waals surface area contributed by atoms with Crippen LogP contribution in [0.15, 0.2) is 42.5 Å². The maximum Gasteiger partial charge on any atom is 0.317 e. The predicted octanol–water partition coefficient (Wildman–Crippen LogP) is 3.99. The summed E-state index contributed by atoms with van der Waals surface area (Å²) in [5.41, 5.74) is 4.56. The molecular weight excluding hydrogens is 334 g/mol. The third kappa shape index (κ3) is 4.26. The summed E-state index contributed by atoms with van der Waals surface area (Å²) in [5.74, 6) is 0. The summed E-state index contributed by atoms with van der Waals surface area (Å²) < 4.78 is 0.